The molecule has 1 saturated heterocycles. The average Bonchev–Trinajstić information content (AvgIpc) is 2.89. The number of nitro benzene ring substituents is 1. The Morgan fingerprint density at radius 2 is 1.66 bits per heavy atom. The van der Waals surface area contributed by atoms with Crippen LogP contribution >= 0.6 is 11.6 Å². The van der Waals surface area contributed by atoms with Crippen molar-refractivity contribution in [3.63, 3.8) is 0 Å². The molecule has 1 amide bonds. The molecule has 4 bridgehead atoms. The van der Waals surface area contributed by atoms with Crippen molar-refractivity contribution in [3.8, 4) is 0 Å². The van der Waals surface area contributed by atoms with Crippen molar-refractivity contribution in [2.75, 3.05) is 36.4 Å². The first kappa shape index (κ1) is 25.5. The molecule has 7 nitrogen and oxygen atoms in total. The molecule has 1 aliphatic heterocycles. The van der Waals surface area contributed by atoms with Gasteiger partial charge in [0.2, 0.25) is 0 Å². The topological polar surface area (TPSA) is 78.7 Å². The highest BCUT2D eigenvalue weighted by atomic mass is 35.5. The monoisotopic (exact) mass is 536 g/mol. The van der Waals surface area contributed by atoms with Crippen molar-refractivity contribution in [1.29, 1.82) is 0 Å². The molecule has 5 aliphatic rings. The van der Waals surface area contributed by atoms with Crippen LogP contribution in [0.3, 0.4) is 0 Å². The van der Waals surface area contributed by atoms with E-state index in [4.69, 9.17) is 11.6 Å². The maximum Gasteiger partial charge on any atom is 0.292 e. The summed E-state index contributed by atoms with van der Waals surface area (Å²) in [5.41, 5.74) is 3.52. The van der Waals surface area contributed by atoms with Crippen LogP contribution in [0.4, 0.5) is 17.1 Å². The molecule has 4 saturated carbocycles. The number of anilines is 2. The molecule has 1 heterocycles. The van der Waals surface area contributed by atoms with Gasteiger partial charge in [0.1, 0.15) is 5.69 Å². The van der Waals surface area contributed by atoms with Crippen LogP contribution < -0.4 is 10.2 Å². The number of aryl methyl sites for hydroxylation is 1. The van der Waals surface area contributed by atoms with Crippen molar-refractivity contribution < 1.29 is 9.72 Å². The van der Waals surface area contributed by atoms with Crippen LogP contribution in [-0.4, -0.2) is 48.0 Å². The zero-order chi connectivity index (χ0) is 26.6. The Bertz CT molecular complexity index is 1220. The highest BCUT2D eigenvalue weighted by Crippen LogP contribution is 2.61. The van der Waals surface area contributed by atoms with Crippen molar-refractivity contribution in [2.24, 2.45) is 23.2 Å². The van der Waals surface area contributed by atoms with Gasteiger partial charge in [-0.25, -0.2) is 0 Å². The molecule has 0 spiro atoms. The van der Waals surface area contributed by atoms with Crippen LogP contribution in [0.1, 0.15) is 61.4 Å². The van der Waals surface area contributed by atoms with E-state index in [1.54, 1.807) is 12.1 Å². The van der Waals surface area contributed by atoms with Gasteiger partial charge >= 0.3 is 0 Å². The standard InChI is InChI=1S/C30H37ClN4O3/c1-19-3-4-24(14-26(19)31)29(36)34-9-7-33(8-10-34)25-5-6-28(35(37)38)27(15-25)32-20(2)30-16-21-11-22(17-30)13-23(12-21)18-30/h3-6,14-15,20-23,32H,7-13,16-18H2,1-2H3/t20-,21?,22?,23?,30?/m1/s1. The third-order valence-electron chi connectivity index (χ3n) is 9.90. The molecule has 0 aromatic heterocycles. The number of benzene rings is 2. The lowest BCUT2D eigenvalue weighted by molar-refractivity contribution is -0.384. The molecular weight excluding hydrogens is 500 g/mol. The van der Waals surface area contributed by atoms with Crippen LogP contribution in [0.15, 0.2) is 36.4 Å². The number of rotatable bonds is 6. The van der Waals surface area contributed by atoms with E-state index >= 15 is 0 Å². The van der Waals surface area contributed by atoms with Crippen molar-refractivity contribution in [3.05, 3.63) is 62.7 Å². The van der Waals surface area contributed by atoms with E-state index < -0.39 is 0 Å². The lowest BCUT2D eigenvalue weighted by Gasteiger charge is -2.59. The van der Waals surface area contributed by atoms with Crippen molar-refractivity contribution >= 4 is 34.6 Å². The van der Waals surface area contributed by atoms with Gasteiger partial charge in [-0.3, -0.25) is 14.9 Å². The van der Waals surface area contributed by atoms with Crippen LogP contribution in [-0.2, 0) is 0 Å². The highest BCUT2D eigenvalue weighted by molar-refractivity contribution is 6.31. The first-order valence-electron chi connectivity index (χ1n) is 14.1. The minimum absolute atomic E-state index is 0.0120. The summed E-state index contributed by atoms with van der Waals surface area (Å²) in [6.45, 7) is 6.69. The zero-order valence-corrected chi connectivity index (χ0v) is 23.0. The Hall–Kier alpha value is -2.80. The number of nitro groups is 1. The largest absolute Gasteiger partial charge is 0.376 e. The third-order valence-corrected chi connectivity index (χ3v) is 10.3. The van der Waals surface area contributed by atoms with Gasteiger partial charge in [-0.2, -0.15) is 0 Å². The Balaban J connectivity index is 1.16. The summed E-state index contributed by atoms with van der Waals surface area (Å²) in [5.74, 6) is 2.49. The smallest absolute Gasteiger partial charge is 0.292 e. The zero-order valence-electron chi connectivity index (χ0n) is 22.3. The number of carbonyl (C=O) groups excluding carboxylic acids is 1. The van der Waals surface area contributed by atoms with Crippen LogP contribution in [0.2, 0.25) is 5.02 Å². The van der Waals surface area contributed by atoms with E-state index in [0.717, 1.165) is 29.0 Å². The third kappa shape index (κ3) is 4.63. The molecule has 4 aliphatic carbocycles. The molecule has 1 N–H and O–H groups in total. The first-order valence-corrected chi connectivity index (χ1v) is 14.4. The number of amides is 1. The van der Waals surface area contributed by atoms with Crippen LogP contribution in [0.5, 0.6) is 0 Å². The van der Waals surface area contributed by atoms with E-state index in [1.165, 1.54) is 38.5 Å². The predicted molar refractivity (Wildman–Crippen MR) is 151 cm³/mol. The molecule has 0 unspecified atom stereocenters. The van der Waals surface area contributed by atoms with Gasteiger partial charge in [0, 0.05) is 54.6 Å². The summed E-state index contributed by atoms with van der Waals surface area (Å²) in [4.78, 5) is 28.8. The average molecular weight is 537 g/mol. The lowest BCUT2D eigenvalue weighted by atomic mass is 9.48. The molecule has 5 fully saturated rings. The number of hydrogen-bond donors (Lipinski definition) is 1. The number of nitrogens with one attached hydrogen (secondary N) is 1. The summed E-state index contributed by atoms with van der Waals surface area (Å²) >= 11 is 6.24. The summed E-state index contributed by atoms with van der Waals surface area (Å²) in [6.07, 6.45) is 7.90. The van der Waals surface area contributed by atoms with Gasteiger partial charge < -0.3 is 15.1 Å². The van der Waals surface area contributed by atoms with Gasteiger partial charge in [-0.15, -0.1) is 0 Å². The fourth-order valence-corrected chi connectivity index (χ4v) is 8.35. The highest BCUT2D eigenvalue weighted by Gasteiger charge is 2.53. The Morgan fingerprint density at radius 1 is 1.03 bits per heavy atom. The predicted octanol–water partition coefficient (Wildman–Crippen LogP) is 6.54. The Labute approximate surface area is 229 Å². The fourth-order valence-electron chi connectivity index (χ4n) is 8.17. The molecule has 1 atom stereocenters. The van der Waals surface area contributed by atoms with Crippen LogP contribution in [0, 0.1) is 40.2 Å². The summed E-state index contributed by atoms with van der Waals surface area (Å²) in [6, 6.07) is 11.1. The van der Waals surface area contributed by atoms with Gasteiger partial charge in [0.05, 0.1) is 4.92 Å². The second kappa shape index (κ2) is 9.74. The van der Waals surface area contributed by atoms with Gasteiger partial charge in [0.15, 0.2) is 0 Å². The second-order valence-electron chi connectivity index (χ2n) is 12.3. The number of nitrogens with zero attached hydrogens (tertiary/aromatic N) is 3. The summed E-state index contributed by atoms with van der Waals surface area (Å²) in [7, 11) is 0. The molecule has 2 aromatic rings. The number of hydrogen-bond acceptors (Lipinski definition) is 5. The summed E-state index contributed by atoms with van der Waals surface area (Å²) in [5, 5.41) is 16.2. The fraction of sp³-hybridized carbons (Fsp3) is 0.567. The Morgan fingerprint density at radius 3 is 2.24 bits per heavy atom. The van der Waals surface area contributed by atoms with E-state index in [2.05, 4.69) is 17.1 Å². The van der Waals surface area contributed by atoms with Crippen LogP contribution in [0.25, 0.3) is 0 Å². The maximum absolute atomic E-state index is 13.0. The van der Waals surface area contributed by atoms with Gasteiger partial charge in [-0.05, 0) is 105 Å². The number of halogens is 1. The number of carbonyl (C=O) groups is 1. The number of piperazine rings is 1. The minimum atomic E-state index is -0.276. The summed E-state index contributed by atoms with van der Waals surface area (Å²) < 4.78 is 0. The Kier molecular flexibility index (Phi) is 6.53. The molecule has 202 valence electrons. The molecule has 2 aromatic carbocycles. The minimum Gasteiger partial charge on any atom is -0.376 e. The molecule has 7 rings (SSSR count). The normalized spacial score (nSPS) is 28.9. The SMILES string of the molecule is Cc1ccc(C(=O)N2CCN(c3ccc([N+](=O)[O-])c(N[C@H](C)C45CC6CC(CC(C6)C4)C5)c3)CC2)cc1Cl. The van der Waals surface area contributed by atoms with E-state index in [9.17, 15) is 14.9 Å². The quantitative estimate of drug-likeness (QED) is 0.335. The van der Waals surface area contributed by atoms with Crippen molar-refractivity contribution in [2.45, 2.75) is 58.4 Å². The molecule has 0 radical (unpaired) electrons. The lowest BCUT2D eigenvalue weighted by Crippen LogP contribution is -2.53. The van der Waals surface area contributed by atoms with Gasteiger partial charge in [0.25, 0.3) is 11.6 Å². The van der Waals surface area contributed by atoms with Gasteiger partial charge in [-0.1, -0.05) is 17.7 Å². The first-order chi connectivity index (χ1) is 18.2. The molecular formula is C30H37ClN4O3. The molecule has 38 heavy (non-hydrogen) atoms. The van der Waals surface area contributed by atoms with E-state index in [1.807, 2.05) is 36.1 Å². The van der Waals surface area contributed by atoms with Crippen molar-refractivity contribution in [1.82, 2.24) is 4.90 Å². The maximum atomic E-state index is 13.0. The second-order valence-corrected chi connectivity index (χ2v) is 12.8. The van der Waals surface area contributed by atoms with E-state index in [-0.39, 0.29) is 28.0 Å². The molecule has 8 heteroatoms. The van der Waals surface area contributed by atoms with E-state index in [0.29, 0.717) is 42.5 Å².